The third-order valence-electron chi connectivity index (χ3n) is 4.12. The van der Waals surface area contributed by atoms with Crippen LogP contribution >= 0.6 is 0 Å². The summed E-state index contributed by atoms with van der Waals surface area (Å²) in [5, 5.41) is 6.36. The molecule has 0 atom stereocenters. The first kappa shape index (κ1) is 11.5. The predicted octanol–water partition coefficient (Wildman–Crippen LogP) is 4.75. The first-order chi connectivity index (χ1) is 10.4. The van der Waals surface area contributed by atoms with Crippen LogP contribution in [-0.2, 0) is 0 Å². The van der Waals surface area contributed by atoms with Crippen molar-refractivity contribution in [2.45, 2.75) is 0 Å². The summed E-state index contributed by atoms with van der Waals surface area (Å²) in [5.41, 5.74) is 2.20. The minimum absolute atomic E-state index is 0.488. The summed E-state index contributed by atoms with van der Waals surface area (Å²) in [6.45, 7) is 0. The van der Waals surface area contributed by atoms with Gasteiger partial charge in [-0.3, -0.25) is 0 Å². The van der Waals surface area contributed by atoms with Gasteiger partial charge in [0.2, 0.25) is 0 Å². The molecule has 2 aromatic heterocycles. The van der Waals surface area contributed by atoms with Crippen molar-refractivity contribution in [1.82, 2.24) is 4.98 Å². The molecule has 0 radical (unpaired) electrons. The van der Waals surface area contributed by atoms with Gasteiger partial charge >= 0.3 is 127 Å². The molecule has 1 nitrogen and oxygen atoms in total. The van der Waals surface area contributed by atoms with Crippen LogP contribution in [0.3, 0.4) is 0 Å². The Bertz CT molecular complexity index is 1140. The number of pyridine rings is 1. The maximum absolute atomic E-state index is 4.96. The molecule has 0 bridgehead atoms. The predicted molar refractivity (Wildman–Crippen MR) is 91.2 cm³/mol. The van der Waals surface area contributed by atoms with Crippen molar-refractivity contribution in [3.63, 3.8) is 0 Å². The van der Waals surface area contributed by atoms with E-state index in [-0.39, 0.29) is 0 Å². The van der Waals surface area contributed by atoms with Gasteiger partial charge in [0, 0.05) is 0 Å². The minimum atomic E-state index is 0.488. The molecular formula is C19H11NSe. The van der Waals surface area contributed by atoms with Gasteiger partial charge in [0.25, 0.3) is 0 Å². The molecule has 0 fully saturated rings. The second-order valence-corrected chi connectivity index (χ2v) is 7.30. The van der Waals surface area contributed by atoms with Crippen LogP contribution in [0.4, 0.5) is 0 Å². The van der Waals surface area contributed by atoms with Gasteiger partial charge in [-0.25, -0.2) is 0 Å². The Morgan fingerprint density at radius 3 is 2.62 bits per heavy atom. The van der Waals surface area contributed by atoms with Crippen molar-refractivity contribution in [2.75, 3.05) is 0 Å². The third-order valence-corrected chi connectivity index (χ3v) is 5.97. The Morgan fingerprint density at radius 1 is 0.714 bits per heavy atom. The van der Waals surface area contributed by atoms with E-state index in [9.17, 15) is 0 Å². The van der Waals surface area contributed by atoms with Crippen molar-refractivity contribution >= 4 is 56.7 Å². The Morgan fingerprint density at radius 2 is 1.62 bits per heavy atom. The topological polar surface area (TPSA) is 12.9 Å². The molecule has 0 amide bonds. The summed E-state index contributed by atoms with van der Waals surface area (Å²) in [6.07, 6.45) is 0. The van der Waals surface area contributed by atoms with Gasteiger partial charge in [0.1, 0.15) is 0 Å². The molecular weight excluding hydrogens is 321 g/mol. The van der Waals surface area contributed by atoms with Gasteiger partial charge in [-0.1, -0.05) is 0 Å². The van der Waals surface area contributed by atoms with Gasteiger partial charge in [0.05, 0.1) is 0 Å². The molecule has 0 unspecified atom stereocenters. The summed E-state index contributed by atoms with van der Waals surface area (Å²) in [6, 6.07) is 21.8. The van der Waals surface area contributed by atoms with Crippen molar-refractivity contribution < 1.29 is 0 Å². The van der Waals surface area contributed by atoms with Gasteiger partial charge < -0.3 is 0 Å². The molecule has 0 spiro atoms. The Balaban J connectivity index is 2.04. The first-order valence-electron chi connectivity index (χ1n) is 6.99. The van der Waals surface area contributed by atoms with E-state index in [2.05, 4.69) is 65.6 Å². The number of fused-ring (bicyclic) bond motifs is 6. The normalized spacial score (nSPS) is 11.8. The van der Waals surface area contributed by atoms with Crippen LogP contribution in [0.25, 0.3) is 42.2 Å². The second-order valence-electron chi connectivity index (χ2n) is 5.31. The Kier molecular flexibility index (Phi) is 2.29. The van der Waals surface area contributed by atoms with E-state index in [1.54, 1.807) is 0 Å². The fourth-order valence-electron chi connectivity index (χ4n) is 3.09. The average molecular weight is 332 g/mol. The molecule has 5 aromatic rings. The molecule has 0 N–H and O–H groups in total. The van der Waals surface area contributed by atoms with Crippen molar-refractivity contribution in [2.24, 2.45) is 0 Å². The molecule has 3 aromatic carbocycles. The van der Waals surface area contributed by atoms with E-state index in [0.717, 1.165) is 11.0 Å². The molecule has 0 aliphatic rings. The van der Waals surface area contributed by atoms with Gasteiger partial charge in [-0.2, -0.15) is 0 Å². The fourth-order valence-corrected chi connectivity index (χ4v) is 4.78. The first-order valence-corrected chi connectivity index (χ1v) is 8.83. The van der Waals surface area contributed by atoms with E-state index in [4.69, 9.17) is 4.98 Å². The van der Waals surface area contributed by atoms with Crippen LogP contribution < -0.4 is 0 Å². The summed E-state index contributed by atoms with van der Waals surface area (Å²) in [5.74, 6) is 0. The molecule has 98 valence electrons. The molecule has 2 heteroatoms. The van der Waals surface area contributed by atoms with Gasteiger partial charge in [0.15, 0.2) is 0 Å². The van der Waals surface area contributed by atoms with E-state index in [1.807, 2.05) is 0 Å². The Labute approximate surface area is 127 Å². The summed E-state index contributed by atoms with van der Waals surface area (Å²) in [4.78, 5) is 7.25. The fraction of sp³-hybridized carbons (Fsp3) is 0. The van der Waals surface area contributed by atoms with E-state index in [1.165, 1.54) is 31.2 Å². The maximum atomic E-state index is 4.96. The molecule has 21 heavy (non-hydrogen) atoms. The summed E-state index contributed by atoms with van der Waals surface area (Å²) < 4.78 is 1.47. The standard InChI is InChI=1S/C19H11NSe/c1-2-4-14-12(3-1)5-6-13-11-16-15-9-10-21-18(15)8-7-17(16)20-19(13)14/h1-11H. The number of benzene rings is 3. The zero-order chi connectivity index (χ0) is 13.8. The summed E-state index contributed by atoms with van der Waals surface area (Å²) in [7, 11) is 0. The number of hydrogen-bond donors (Lipinski definition) is 0. The summed E-state index contributed by atoms with van der Waals surface area (Å²) >= 11 is 0.488. The molecule has 2 heterocycles. The van der Waals surface area contributed by atoms with Crippen LogP contribution in [0.5, 0.6) is 0 Å². The van der Waals surface area contributed by atoms with E-state index in [0.29, 0.717) is 14.5 Å². The number of hydrogen-bond acceptors (Lipinski definition) is 1. The van der Waals surface area contributed by atoms with Crippen LogP contribution in [0.15, 0.2) is 65.6 Å². The molecule has 0 aliphatic carbocycles. The Hall–Kier alpha value is -2.15. The van der Waals surface area contributed by atoms with Crippen LogP contribution in [-0.4, -0.2) is 19.5 Å². The molecule has 5 rings (SSSR count). The van der Waals surface area contributed by atoms with Crippen molar-refractivity contribution in [1.29, 1.82) is 0 Å². The monoisotopic (exact) mass is 333 g/mol. The molecule has 0 saturated carbocycles. The van der Waals surface area contributed by atoms with Crippen molar-refractivity contribution in [3.05, 3.63) is 65.6 Å². The second kappa shape index (κ2) is 4.17. The van der Waals surface area contributed by atoms with Crippen LogP contribution in [0.1, 0.15) is 0 Å². The average Bonchev–Trinajstić information content (AvgIpc) is 3.02. The van der Waals surface area contributed by atoms with Gasteiger partial charge in [-0.15, -0.1) is 0 Å². The number of aromatic nitrogens is 1. The van der Waals surface area contributed by atoms with Crippen LogP contribution in [0.2, 0.25) is 0 Å². The number of rotatable bonds is 0. The SMILES string of the molecule is c1ccc2c(c1)ccc1cc3c(ccc4[se]ccc43)nc12. The number of nitrogens with zero attached hydrogens (tertiary/aromatic N) is 1. The third kappa shape index (κ3) is 1.61. The molecule has 0 saturated heterocycles. The van der Waals surface area contributed by atoms with Gasteiger partial charge in [-0.05, 0) is 0 Å². The quantitative estimate of drug-likeness (QED) is 0.226. The zero-order valence-corrected chi connectivity index (χ0v) is 12.9. The van der Waals surface area contributed by atoms with E-state index < -0.39 is 0 Å². The molecule has 0 aliphatic heterocycles. The zero-order valence-electron chi connectivity index (χ0n) is 11.2. The van der Waals surface area contributed by atoms with Crippen molar-refractivity contribution in [3.8, 4) is 0 Å². The van der Waals surface area contributed by atoms with E-state index >= 15 is 0 Å². The van der Waals surface area contributed by atoms with Crippen LogP contribution in [0, 0.1) is 0 Å².